The number of nitrogens with one attached hydrogen (secondary N) is 2. The second-order valence-corrected chi connectivity index (χ2v) is 10.4. The van der Waals surface area contributed by atoms with Crippen LogP contribution in [-0.2, 0) is 14.8 Å². The van der Waals surface area contributed by atoms with Gasteiger partial charge >= 0.3 is 0 Å². The van der Waals surface area contributed by atoms with E-state index >= 15 is 0 Å². The molecule has 1 saturated heterocycles. The lowest BCUT2D eigenvalue weighted by Crippen LogP contribution is -2.41. The lowest BCUT2D eigenvalue weighted by molar-refractivity contribution is -0.120. The van der Waals surface area contributed by atoms with Crippen LogP contribution in [0, 0.1) is 11.7 Å². The van der Waals surface area contributed by atoms with Gasteiger partial charge in [0.15, 0.2) is 0 Å². The number of anilines is 2. The monoisotopic (exact) mass is 481 g/mol. The Morgan fingerprint density at radius 3 is 2.15 bits per heavy atom. The molecule has 3 aromatic carbocycles. The van der Waals surface area contributed by atoms with Gasteiger partial charge in [-0.15, -0.1) is 0 Å². The highest BCUT2D eigenvalue weighted by atomic mass is 32.2. The number of piperidine rings is 1. The molecule has 178 valence electrons. The van der Waals surface area contributed by atoms with Crippen LogP contribution in [0.5, 0.6) is 0 Å². The van der Waals surface area contributed by atoms with Crippen LogP contribution in [0.2, 0.25) is 0 Å². The SMILES string of the molecule is CC(Nc1ccc(NC(=O)C2CCN(S(=O)(=O)c3ccccc3F)CC2)cc1)c1ccccc1. The van der Waals surface area contributed by atoms with Gasteiger partial charge in [0, 0.05) is 36.4 Å². The van der Waals surface area contributed by atoms with Crippen LogP contribution < -0.4 is 10.6 Å². The van der Waals surface area contributed by atoms with Crippen molar-refractivity contribution in [3.63, 3.8) is 0 Å². The van der Waals surface area contributed by atoms with Gasteiger partial charge in [0.1, 0.15) is 10.7 Å². The third-order valence-electron chi connectivity index (χ3n) is 6.11. The zero-order chi connectivity index (χ0) is 24.1. The fraction of sp³-hybridized carbons (Fsp3) is 0.269. The Kier molecular flexibility index (Phi) is 7.29. The van der Waals surface area contributed by atoms with E-state index in [1.165, 1.54) is 28.1 Å². The zero-order valence-corrected chi connectivity index (χ0v) is 19.8. The fourth-order valence-corrected chi connectivity index (χ4v) is 5.66. The highest BCUT2D eigenvalue weighted by Gasteiger charge is 2.33. The minimum absolute atomic E-state index is 0.138. The minimum atomic E-state index is -3.92. The van der Waals surface area contributed by atoms with Gasteiger partial charge in [-0.1, -0.05) is 42.5 Å². The second kappa shape index (κ2) is 10.4. The molecule has 0 radical (unpaired) electrons. The minimum Gasteiger partial charge on any atom is -0.379 e. The van der Waals surface area contributed by atoms with Crippen LogP contribution in [0.1, 0.15) is 31.4 Å². The summed E-state index contributed by atoms with van der Waals surface area (Å²) in [5, 5.41) is 6.36. The van der Waals surface area contributed by atoms with Crippen molar-refractivity contribution >= 4 is 27.3 Å². The maximum Gasteiger partial charge on any atom is 0.245 e. The van der Waals surface area contributed by atoms with Gasteiger partial charge in [-0.05, 0) is 61.7 Å². The van der Waals surface area contributed by atoms with E-state index in [1.54, 1.807) is 0 Å². The summed E-state index contributed by atoms with van der Waals surface area (Å²) < 4.78 is 40.8. The summed E-state index contributed by atoms with van der Waals surface area (Å²) in [4.78, 5) is 12.4. The largest absolute Gasteiger partial charge is 0.379 e. The Morgan fingerprint density at radius 2 is 1.50 bits per heavy atom. The van der Waals surface area contributed by atoms with Crippen molar-refractivity contribution in [2.24, 2.45) is 5.92 Å². The van der Waals surface area contributed by atoms with Crippen LogP contribution in [0.3, 0.4) is 0 Å². The van der Waals surface area contributed by atoms with Gasteiger partial charge in [-0.25, -0.2) is 12.8 Å². The molecule has 1 atom stereocenters. The van der Waals surface area contributed by atoms with Gasteiger partial charge < -0.3 is 10.6 Å². The maximum absolute atomic E-state index is 14.0. The topological polar surface area (TPSA) is 78.5 Å². The third-order valence-corrected chi connectivity index (χ3v) is 8.05. The van der Waals surface area contributed by atoms with Crippen LogP contribution >= 0.6 is 0 Å². The molecule has 3 aromatic rings. The molecule has 34 heavy (non-hydrogen) atoms. The van der Waals surface area contributed by atoms with E-state index < -0.39 is 15.8 Å². The predicted octanol–water partition coefficient (Wildman–Crippen LogP) is 5.04. The number of carbonyl (C=O) groups excluding carboxylic acids is 1. The number of nitrogens with zero attached hydrogens (tertiary/aromatic N) is 1. The van der Waals surface area contributed by atoms with E-state index in [1.807, 2.05) is 42.5 Å². The number of hydrogen-bond acceptors (Lipinski definition) is 4. The van der Waals surface area contributed by atoms with Crippen molar-refractivity contribution in [2.75, 3.05) is 23.7 Å². The quantitative estimate of drug-likeness (QED) is 0.496. The lowest BCUT2D eigenvalue weighted by Gasteiger charge is -2.30. The van der Waals surface area contributed by atoms with E-state index in [0.717, 1.165) is 11.8 Å². The van der Waals surface area contributed by atoms with Crippen LogP contribution in [-0.4, -0.2) is 31.7 Å². The Morgan fingerprint density at radius 1 is 0.912 bits per heavy atom. The Bertz CT molecular complexity index is 1230. The van der Waals surface area contributed by atoms with Gasteiger partial charge in [0.05, 0.1) is 0 Å². The molecule has 1 amide bonds. The average Bonchev–Trinajstić information content (AvgIpc) is 2.86. The number of hydrogen-bond donors (Lipinski definition) is 2. The van der Waals surface area contributed by atoms with Crippen LogP contribution in [0.15, 0.2) is 83.8 Å². The molecule has 0 aromatic heterocycles. The molecule has 1 aliphatic rings. The second-order valence-electron chi connectivity index (χ2n) is 8.45. The van der Waals surface area contributed by atoms with Gasteiger partial charge in [-0.3, -0.25) is 4.79 Å². The molecule has 0 bridgehead atoms. The van der Waals surface area contributed by atoms with Gasteiger partial charge in [-0.2, -0.15) is 4.31 Å². The Labute approximate surface area is 199 Å². The predicted molar refractivity (Wildman–Crippen MR) is 131 cm³/mol. The summed E-state index contributed by atoms with van der Waals surface area (Å²) in [5.74, 6) is -1.21. The molecule has 0 aliphatic carbocycles. The third kappa shape index (κ3) is 5.46. The lowest BCUT2D eigenvalue weighted by atomic mass is 9.97. The molecule has 6 nitrogen and oxygen atoms in total. The Balaban J connectivity index is 1.30. The highest BCUT2D eigenvalue weighted by molar-refractivity contribution is 7.89. The first-order chi connectivity index (χ1) is 16.3. The number of benzene rings is 3. The van der Waals surface area contributed by atoms with Gasteiger partial charge in [0.2, 0.25) is 15.9 Å². The molecule has 1 unspecified atom stereocenters. The Hall–Kier alpha value is -3.23. The molecule has 1 aliphatic heterocycles. The molecular formula is C26H28FN3O3S. The van der Waals surface area contributed by atoms with Crippen molar-refractivity contribution in [3.05, 3.63) is 90.2 Å². The smallest absolute Gasteiger partial charge is 0.245 e. The summed E-state index contributed by atoms with van der Waals surface area (Å²) in [6, 6.07) is 23.2. The van der Waals surface area contributed by atoms with Crippen molar-refractivity contribution in [1.82, 2.24) is 4.31 Å². The zero-order valence-electron chi connectivity index (χ0n) is 18.9. The number of sulfonamides is 1. The van der Waals surface area contributed by atoms with Crippen molar-refractivity contribution < 1.29 is 17.6 Å². The molecule has 2 N–H and O–H groups in total. The summed E-state index contributed by atoms with van der Waals surface area (Å²) in [7, 11) is -3.92. The summed E-state index contributed by atoms with van der Waals surface area (Å²) in [6.07, 6.45) is 0.765. The number of halogens is 1. The average molecular weight is 482 g/mol. The number of rotatable bonds is 7. The molecular weight excluding hydrogens is 453 g/mol. The van der Waals surface area contributed by atoms with E-state index in [4.69, 9.17) is 0 Å². The highest BCUT2D eigenvalue weighted by Crippen LogP contribution is 2.27. The molecule has 1 fully saturated rings. The fourth-order valence-electron chi connectivity index (χ4n) is 4.12. The number of carbonyl (C=O) groups is 1. The first-order valence-electron chi connectivity index (χ1n) is 11.3. The van der Waals surface area contributed by atoms with Crippen LogP contribution in [0.25, 0.3) is 0 Å². The van der Waals surface area contributed by atoms with E-state index in [9.17, 15) is 17.6 Å². The van der Waals surface area contributed by atoms with E-state index in [0.29, 0.717) is 18.5 Å². The maximum atomic E-state index is 14.0. The van der Waals surface area contributed by atoms with E-state index in [-0.39, 0.29) is 35.9 Å². The van der Waals surface area contributed by atoms with Crippen molar-refractivity contribution in [1.29, 1.82) is 0 Å². The van der Waals surface area contributed by atoms with E-state index in [2.05, 4.69) is 29.7 Å². The van der Waals surface area contributed by atoms with Gasteiger partial charge in [0.25, 0.3) is 0 Å². The normalized spacial score (nSPS) is 16.1. The summed E-state index contributed by atoms with van der Waals surface area (Å²) in [6.45, 7) is 2.44. The van der Waals surface area contributed by atoms with Crippen molar-refractivity contribution in [2.45, 2.75) is 30.7 Å². The molecule has 4 rings (SSSR count). The first kappa shape index (κ1) is 23.9. The summed E-state index contributed by atoms with van der Waals surface area (Å²) >= 11 is 0. The van der Waals surface area contributed by atoms with Crippen LogP contribution in [0.4, 0.5) is 15.8 Å². The molecule has 8 heteroatoms. The van der Waals surface area contributed by atoms with Crippen molar-refractivity contribution in [3.8, 4) is 0 Å². The molecule has 1 heterocycles. The summed E-state index contributed by atoms with van der Waals surface area (Å²) in [5.41, 5.74) is 2.81. The molecule has 0 saturated carbocycles. The molecule has 0 spiro atoms. The number of amides is 1. The first-order valence-corrected chi connectivity index (χ1v) is 12.8. The standard InChI is InChI=1S/C26H28FN3O3S/c1-19(20-7-3-2-4-8-20)28-22-11-13-23(14-12-22)29-26(31)21-15-17-30(18-16-21)34(32,33)25-10-6-5-9-24(25)27/h2-14,19,21,28H,15-18H2,1H3,(H,29,31).